The summed E-state index contributed by atoms with van der Waals surface area (Å²) in [6.07, 6.45) is -4.91. The normalized spacial score (nSPS) is 12.6. The van der Waals surface area contributed by atoms with Gasteiger partial charge in [0.25, 0.3) is 0 Å². The molecular weight excluding hydrogens is 269 g/mol. The molecule has 0 aliphatic heterocycles. The summed E-state index contributed by atoms with van der Waals surface area (Å²) in [4.78, 5) is 1.61. The second kappa shape index (κ2) is 7.69. The van der Waals surface area contributed by atoms with Gasteiger partial charge in [-0.25, -0.2) is 0 Å². The van der Waals surface area contributed by atoms with Crippen LogP contribution in [0.4, 0.5) is 13.2 Å². The number of halogens is 3. The van der Waals surface area contributed by atoms with Crippen molar-refractivity contribution in [3.05, 3.63) is 23.7 Å². The zero-order valence-corrected chi connectivity index (χ0v) is 12.3. The monoisotopic (exact) mass is 292 g/mol. The Morgan fingerprint density at radius 3 is 2.50 bits per heavy atom. The van der Waals surface area contributed by atoms with Crippen molar-refractivity contribution >= 4 is 0 Å². The third-order valence-corrected chi connectivity index (χ3v) is 2.77. The van der Waals surface area contributed by atoms with Gasteiger partial charge in [0, 0.05) is 6.54 Å². The molecule has 0 fully saturated rings. The minimum absolute atomic E-state index is 0.0227. The molecular formula is C14H23F3N2O. The van der Waals surface area contributed by atoms with E-state index in [0.717, 1.165) is 12.3 Å². The van der Waals surface area contributed by atoms with E-state index >= 15 is 0 Å². The minimum atomic E-state index is -4.11. The van der Waals surface area contributed by atoms with Crippen LogP contribution in [0.3, 0.4) is 0 Å². The van der Waals surface area contributed by atoms with E-state index in [-0.39, 0.29) is 6.54 Å². The Balaban J connectivity index is 2.32. The molecule has 3 nitrogen and oxygen atoms in total. The predicted molar refractivity (Wildman–Crippen MR) is 72.3 cm³/mol. The maximum atomic E-state index is 12.1. The van der Waals surface area contributed by atoms with Crippen molar-refractivity contribution in [2.75, 3.05) is 20.1 Å². The van der Waals surface area contributed by atoms with Gasteiger partial charge in [0.2, 0.25) is 0 Å². The molecule has 0 spiro atoms. The van der Waals surface area contributed by atoms with Crippen molar-refractivity contribution in [2.24, 2.45) is 5.92 Å². The lowest BCUT2D eigenvalue weighted by Gasteiger charge is -2.16. The van der Waals surface area contributed by atoms with Gasteiger partial charge in [-0.2, -0.15) is 13.2 Å². The van der Waals surface area contributed by atoms with Crippen molar-refractivity contribution in [2.45, 2.75) is 39.5 Å². The number of hydrogen-bond donors (Lipinski definition) is 1. The van der Waals surface area contributed by atoms with E-state index in [9.17, 15) is 13.2 Å². The van der Waals surface area contributed by atoms with Gasteiger partial charge in [0.1, 0.15) is 11.5 Å². The molecule has 1 heterocycles. The van der Waals surface area contributed by atoms with Crippen molar-refractivity contribution < 1.29 is 17.6 Å². The van der Waals surface area contributed by atoms with Crippen LogP contribution in [0.1, 0.15) is 31.8 Å². The van der Waals surface area contributed by atoms with E-state index in [1.165, 1.54) is 0 Å². The highest BCUT2D eigenvalue weighted by atomic mass is 19.4. The van der Waals surface area contributed by atoms with Crippen LogP contribution < -0.4 is 5.32 Å². The highest BCUT2D eigenvalue weighted by molar-refractivity contribution is 5.07. The average Bonchev–Trinajstić information content (AvgIpc) is 2.73. The third-order valence-electron chi connectivity index (χ3n) is 2.77. The summed E-state index contributed by atoms with van der Waals surface area (Å²) in [5, 5.41) is 3.26. The van der Waals surface area contributed by atoms with Gasteiger partial charge in [-0.1, -0.05) is 13.8 Å². The molecule has 1 rings (SSSR count). The quantitative estimate of drug-likeness (QED) is 0.796. The van der Waals surface area contributed by atoms with Crippen LogP contribution in [0.2, 0.25) is 0 Å². The van der Waals surface area contributed by atoms with Gasteiger partial charge >= 0.3 is 6.18 Å². The van der Waals surface area contributed by atoms with Crippen molar-refractivity contribution in [1.29, 1.82) is 0 Å². The Hall–Kier alpha value is -1.01. The average molecular weight is 292 g/mol. The molecule has 0 unspecified atom stereocenters. The summed E-state index contributed by atoms with van der Waals surface area (Å²) >= 11 is 0. The fourth-order valence-corrected chi connectivity index (χ4v) is 1.75. The molecule has 0 aromatic carbocycles. The van der Waals surface area contributed by atoms with Gasteiger partial charge < -0.3 is 9.73 Å². The van der Waals surface area contributed by atoms with Crippen LogP contribution in [0.15, 0.2) is 16.5 Å². The summed E-state index contributed by atoms with van der Waals surface area (Å²) in [5.74, 6) is 2.07. The largest absolute Gasteiger partial charge is 0.463 e. The lowest BCUT2D eigenvalue weighted by Crippen LogP contribution is -2.23. The zero-order chi connectivity index (χ0) is 15.2. The molecule has 1 N–H and O–H groups in total. The van der Waals surface area contributed by atoms with E-state index < -0.39 is 12.6 Å². The van der Waals surface area contributed by atoms with Crippen molar-refractivity contribution in [3.63, 3.8) is 0 Å². The third kappa shape index (κ3) is 7.55. The number of hydrogen-bond acceptors (Lipinski definition) is 3. The van der Waals surface area contributed by atoms with Gasteiger partial charge in [-0.3, -0.25) is 4.90 Å². The molecule has 20 heavy (non-hydrogen) atoms. The molecule has 116 valence electrons. The zero-order valence-electron chi connectivity index (χ0n) is 12.3. The number of nitrogens with one attached hydrogen (secondary N) is 1. The summed E-state index contributed by atoms with van der Waals surface area (Å²) in [6.45, 7) is 6.16. The first kappa shape index (κ1) is 17.0. The second-order valence-corrected chi connectivity index (χ2v) is 5.50. The van der Waals surface area contributed by atoms with E-state index in [2.05, 4.69) is 19.2 Å². The number of alkyl halides is 3. The summed E-state index contributed by atoms with van der Waals surface area (Å²) < 4.78 is 41.9. The maximum Gasteiger partial charge on any atom is 0.390 e. The highest BCUT2D eigenvalue weighted by Crippen LogP contribution is 2.20. The van der Waals surface area contributed by atoms with Crippen LogP contribution >= 0.6 is 0 Å². The predicted octanol–water partition coefficient (Wildman–Crippen LogP) is 3.41. The standard InChI is InChI=1S/C14H23F3N2O/c1-11(2)8-18-9-12-4-5-13(20-12)10-19(3)7-6-14(15,16)17/h4-5,11,18H,6-10H2,1-3H3. The molecule has 0 aliphatic rings. The smallest absolute Gasteiger partial charge is 0.390 e. The van der Waals surface area contributed by atoms with Gasteiger partial charge in [0.15, 0.2) is 0 Å². The Labute approximate surface area is 118 Å². The topological polar surface area (TPSA) is 28.4 Å². The Bertz CT molecular complexity index is 388. The molecule has 0 bridgehead atoms. The van der Waals surface area contributed by atoms with E-state index in [4.69, 9.17) is 4.42 Å². The first-order valence-electron chi connectivity index (χ1n) is 6.80. The van der Waals surface area contributed by atoms with E-state index in [0.29, 0.717) is 24.8 Å². The van der Waals surface area contributed by atoms with Crippen LogP contribution in [0, 0.1) is 5.92 Å². The summed E-state index contributed by atoms with van der Waals surface area (Å²) in [5.41, 5.74) is 0. The first-order valence-corrected chi connectivity index (χ1v) is 6.80. The molecule has 0 saturated heterocycles. The first-order chi connectivity index (χ1) is 9.26. The van der Waals surface area contributed by atoms with E-state index in [1.54, 1.807) is 11.9 Å². The molecule has 6 heteroatoms. The lowest BCUT2D eigenvalue weighted by molar-refractivity contribution is -0.137. The fraction of sp³-hybridized carbons (Fsp3) is 0.714. The SMILES string of the molecule is CC(C)CNCc1ccc(CN(C)CCC(F)(F)F)o1. The van der Waals surface area contributed by atoms with Crippen LogP contribution in [0.5, 0.6) is 0 Å². The molecule has 0 amide bonds. The fourth-order valence-electron chi connectivity index (χ4n) is 1.75. The second-order valence-electron chi connectivity index (χ2n) is 5.50. The van der Waals surface area contributed by atoms with Gasteiger partial charge in [-0.05, 0) is 31.6 Å². The molecule has 0 radical (unpaired) electrons. The summed E-state index contributed by atoms with van der Waals surface area (Å²) in [7, 11) is 1.66. The molecule has 1 aromatic heterocycles. The molecule has 0 atom stereocenters. The maximum absolute atomic E-state index is 12.1. The Morgan fingerprint density at radius 2 is 1.90 bits per heavy atom. The Kier molecular flexibility index (Phi) is 6.55. The van der Waals surface area contributed by atoms with Crippen LogP contribution in [0.25, 0.3) is 0 Å². The molecule has 0 saturated carbocycles. The van der Waals surface area contributed by atoms with Crippen LogP contribution in [-0.2, 0) is 13.1 Å². The number of furan rings is 1. The van der Waals surface area contributed by atoms with Crippen LogP contribution in [-0.4, -0.2) is 31.2 Å². The van der Waals surface area contributed by atoms with Crippen molar-refractivity contribution in [1.82, 2.24) is 10.2 Å². The molecule has 1 aromatic rings. The minimum Gasteiger partial charge on any atom is -0.463 e. The number of rotatable bonds is 8. The highest BCUT2D eigenvalue weighted by Gasteiger charge is 2.27. The number of nitrogens with zero attached hydrogens (tertiary/aromatic N) is 1. The Morgan fingerprint density at radius 1 is 1.25 bits per heavy atom. The van der Waals surface area contributed by atoms with E-state index in [1.807, 2.05) is 12.1 Å². The lowest BCUT2D eigenvalue weighted by atomic mass is 10.2. The molecule has 0 aliphatic carbocycles. The van der Waals surface area contributed by atoms with Crippen molar-refractivity contribution in [3.8, 4) is 0 Å². The van der Waals surface area contributed by atoms with Gasteiger partial charge in [0.05, 0.1) is 19.5 Å². The van der Waals surface area contributed by atoms with Gasteiger partial charge in [-0.15, -0.1) is 0 Å². The summed E-state index contributed by atoms with van der Waals surface area (Å²) in [6, 6.07) is 3.68.